The van der Waals surface area contributed by atoms with Crippen LogP contribution in [0.3, 0.4) is 0 Å². The van der Waals surface area contributed by atoms with Crippen molar-refractivity contribution in [3.8, 4) is 22.3 Å². The number of aryl methyl sites for hydroxylation is 3. The average Bonchev–Trinajstić information content (AvgIpc) is 3.60. The van der Waals surface area contributed by atoms with Crippen molar-refractivity contribution in [1.29, 1.82) is 0 Å². The summed E-state index contributed by atoms with van der Waals surface area (Å²) in [6.07, 6.45) is 0. The van der Waals surface area contributed by atoms with Gasteiger partial charge >= 0.3 is 30.2 Å². The zero-order chi connectivity index (χ0) is 31.5. The van der Waals surface area contributed by atoms with Gasteiger partial charge in [-0.1, -0.05) is 114 Å². The van der Waals surface area contributed by atoms with E-state index in [-0.39, 0.29) is 45.1 Å². The van der Waals surface area contributed by atoms with Gasteiger partial charge in [-0.2, -0.15) is 12.1 Å². The first-order valence-corrected chi connectivity index (χ1v) is 19.4. The van der Waals surface area contributed by atoms with Crippen molar-refractivity contribution in [2.45, 2.75) is 73.6 Å². The van der Waals surface area contributed by atoms with E-state index < -0.39 is 0 Å². The summed E-state index contributed by atoms with van der Waals surface area (Å²) >= 11 is 1.36. The Bertz CT molecular complexity index is 1850. The Morgan fingerprint density at radius 3 is 1.83 bits per heavy atom. The molecule has 0 aliphatic heterocycles. The third kappa shape index (κ3) is 10.1. The summed E-state index contributed by atoms with van der Waals surface area (Å²) in [5.74, 6) is 0.573. The van der Waals surface area contributed by atoms with Crippen molar-refractivity contribution in [3.63, 3.8) is 0 Å². The Hall–Kier alpha value is -2.22. The van der Waals surface area contributed by atoms with Crippen LogP contribution in [0.5, 0.6) is 0 Å². The van der Waals surface area contributed by atoms with Gasteiger partial charge in [-0.05, 0) is 53.0 Å². The van der Waals surface area contributed by atoms with Gasteiger partial charge in [-0.3, -0.25) is 0 Å². The molecule has 6 rings (SSSR count). The average molecular weight is 759 g/mol. The molecule has 0 aromatic heterocycles. The third-order valence-electron chi connectivity index (χ3n) is 8.65. The van der Waals surface area contributed by atoms with Crippen molar-refractivity contribution in [2.24, 2.45) is 0 Å². The van der Waals surface area contributed by atoms with Crippen molar-refractivity contribution < 1.29 is 23.3 Å². The summed E-state index contributed by atoms with van der Waals surface area (Å²) in [5.41, 5.74) is 13.8. The van der Waals surface area contributed by atoms with E-state index in [9.17, 15) is 0 Å². The summed E-state index contributed by atoms with van der Waals surface area (Å²) in [6, 6.07) is 36.0. The summed E-state index contributed by atoms with van der Waals surface area (Å²) in [7, 11) is 0. The molecule has 0 bridgehead atoms. The van der Waals surface area contributed by atoms with Crippen molar-refractivity contribution in [1.82, 2.24) is 0 Å². The fourth-order valence-electron chi connectivity index (χ4n) is 5.86. The predicted molar refractivity (Wildman–Crippen MR) is 215 cm³/mol. The SMILES string of the molecule is CC(C)c1cc2c(-c3ccc(C(C)(C)C)cc3)cccc2[cH-]1.Cc1cc2c(-c3cccc(C)c3C)ccc(C)c2[cH-]1.Cl.Cl.[CH3-].[CH3-].[Si]=[Zr]. The quantitative estimate of drug-likeness (QED) is 0.125. The van der Waals surface area contributed by atoms with Crippen molar-refractivity contribution >= 4 is 53.2 Å². The molecule has 0 aliphatic carbocycles. The van der Waals surface area contributed by atoms with E-state index in [0.717, 1.165) is 0 Å². The van der Waals surface area contributed by atoms with Crippen LogP contribution in [0.1, 0.15) is 73.9 Å². The number of halogens is 2. The van der Waals surface area contributed by atoms with Gasteiger partial charge < -0.3 is 14.9 Å². The first-order valence-electron chi connectivity index (χ1n) is 15.2. The van der Waals surface area contributed by atoms with Crippen LogP contribution in [0.2, 0.25) is 0 Å². The second-order valence-corrected chi connectivity index (χ2v) is 13.1. The van der Waals surface area contributed by atoms with Crippen LogP contribution >= 0.6 is 24.8 Å². The summed E-state index contributed by atoms with van der Waals surface area (Å²) in [5, 5.41) is 5.48. The Kier molecular flexibility index (Phi) is 18.2. The van der Waals surface area contributed by atoms with Gasteiger partial charge in [0, 0.05) is 0 Å². The molecule has 0 N–H and O–H groups in total. The van der Waals surface area contributed by atoms with Crippen LogP contribution < -0.4 is 0 Å². The van der Waals surface area contributed by atoms with Crippen LogP contribution in [0, 0.1) is 42.5 Å². The van der Waals surface area contributed by atoms with E-state index in [1.54, 1.807) is 0 Å². The molecule has 0 saturated carbocycles. The normalized spacial score (nSPS) is 10.3. The molecule has 250 valence electrons. The number of fused-ring (bicyclic) bond motifs is 2. The molecule has 0 spiro atoms. The topological polar surface area (TPSA) is 0 Å². The van der Waals surface area contributed by atoms with E-state index in [1.807, 2.05) is 0 Å². The number of rotatable bonds is 3. The molecule has 0 atom stereocenters. The van der Waals surface area contributed by atoms with Crippen LogP contribution in [-0.4, -0.2) is 6.88 Å². The van der Waals surface area contributed by atoms with Gasteiger partial charge in [0.1, 0.15) is 0 Å². The molecule has 0 saturated heterocycles. The minimum absolute atomic E-state index is 0. The molecule has 0 unspecified atom stereocenters. The maximum atomic E-state index is 3.06. The summed E-state index contributed by atoms with van der Waals surface area (Å²) < 4.78 is 0. The van der Waals surface area contributed by atoms with Gasteiger partial charge in [-0.15, -0.1) is 93.4 Å². The molecule has 0 fully saturated rings. The van der Waals surface area contributed by atoms with E-state index in [1.165, 1.54) is 101 Å². The fourth-order valence-corrected chi connectivity index (χ4v) is 5.86. The molecule has 47 heavy (non-hydrogen) atoms. The molecule has 0 amide bonds. The first kappa shape index (κ1) is 44.8. The van der Waals surface area contributed by atoms with E-state index in [4.69, 9.17) is 0 Å². The predicted octanol–water partition coefficient (Wildman–Crippen LogP) is 13.5. The van der Waals surface area contributed by atoms with Gasteiger partial charge in [0.15, 0.2) is 0 Å². The first-order chi connectivity index (χ1) is 20.4. The second-order valence-electron chi connectivity index (χ2n) is 13.1. The van der Waals surface area contributed by atoms with E-state index in [0.29, 0.717) is 5.92 Å². The van der Waals surface area contributed by atoms with Gasteiger partial charge in [0.05, 0.1) is 0 Å². The zero-order valence-electron chi connectivity index (χ0n) is 30.1. The molecular formula is C43H52Cl2SiZr-4. The molecule has 0 nitrogen and oxygen atoms in total. The van der Waals surface area contributed by atoms with Crippen LogP contribution in [0.25, 0.3) is 43.8 Å². The zero-order valence-corrected chi connectivity index (χ0v) is 35.2. The van der Waals surface area contributed by atoms with Crippen LogP contribution in [0.15, 0.2) is 97.1 Å². The Morgan fingerprint density at radius 2 is 1.23 bits per heavy atom. The van der Waals surface area contributed by atoms with Crippen LogP contribution in [0.4, 0.5) is 0 Å². The van der Waals surface area contributed by atoms with Crippen LogP contribution in [-0.2, 0) is 28.8 Å². The number of hydrogen-bond donors (Lipinski definition) is 0. The Balaban J connectivity index is 0.000000797. The summed E-state index contributed by atoms with van der Waals surface area (Å²) in [6.45, 7) is 23.1. The Labute approximate surface area is 315 Å². The van der Waals surface area contributed by atoms with Gasteiger partial charge in [0.25, 0.3) is 0 Å². The molecule has 2 radical (unpaired) electrons. The maximum absolute atomic E-state index is 3.06. The van der Waals surface area contributed by atoms with Crippen molar-refractivity contribution in [2.75, 3.05) is 0 Å². The van der Waals surface area contributed by atoms with Gasteiger partial charge in [-0.25, -0.2) is 0 Å². The van der Waals surface area contributed by atoms with E-state index >= 15 is 0 Å². The molecule has 6 aromatic carbocycles. The second kappa shape index (κ2) is 19.1. The van der Waals surface area contributed by atoms with Gasteiger partial charge in [0.2, 0.25) is 0 Å². The molecule has 0 aliphatic rings. The number of hydrogen-bond acceptors (Lipinski definition) is 0. The molecule has 0 heterocycles. The fraction of sp³-hybridized carbons (Fsp3) is 0.256. The monoisotopic (exact) mass is 756 g/mol. The van der Waals surface area contributed by atoms with E-state index in [2.05, 4.69) is 166 Å². The van der Waals surface area contributed by atoms with Crippen molar-refractivity contribution in [3.05, 3.63) is 145 Å². The molecule has 4 heteroatoms. The standard InChI is InChI=1S/C22H25.C19H19.2CH3.2ClH.Si.Zr/c1-15(2)18-13-17-7-6-8-20(21(17)14-18)16-9-11-19(12-10-16)22(3,4)5;1-12-10-18-14(3)8-9-17(19(18)11-12)16-7-5-6-13(2)15(16)4;;;;;;/h6-15H,1-5H3;5-11H,1-4H3;2*1H3;2*1H;;/q4*-1;;;;. The minimum atomic E-state index is 0. The number of benzene rings is 4. The molecule has 6 aromatic rings. The summed E-state index contributed by atoms with van der Waals surface area (Å²) in [4.78, 5) is 0. The third-order valence-corrected chi connectivity index (χ3v) is 8.65. The molecular weight excluding hydrogens is 707 g/mol. The Morgan fingerprint density at radius 1 is 0.638 bits per heavy atom.